The second-order valence-electron chi connectivity index (χ2n) is 5.38. The van der Waals surface area contributed by atoms with E-state index in [0.717, 1.165) is 5.69 Å². The molecule has 0 bridgehead atoms. The lowest BCUT2D eigenvalue weighted by molar-refractivity contribution is -0.144. The minimum Gasteiger partial charge on any atom is -0.459 e. The van der Waals surface area contributed by atoms with Gasteiger partial charge < -0.3 is 4.74 Å². The Balaban J connectivity index is 1.73. The SMILES string of the molecule is Cc1cccc2nc(COC(=O)Cc3ccccc3F)cc(=O)n12. The lowest BCUT2D eigenvalue weighted by Gasteiger charge is -2.08. The van der Waals surface area contributed by atoms with Gasteiger partial charge in [0, 0.05) is 11.8 Å². The molecule has 0 fully saturated rings. The highest BCUT2D eigenvalue weighted by molar-refractivity contribution is 5.72. The molecule has 122 valence electrons. The Labute approximate surface area is 137 Å². The summed E-state index contributed by atoms with van der Waals surface area (Å²) in [5.74, 6) is -1.03. The molecule has 24 heavy (non-hydrogen) atoms. The van der Waals surface area contributed by atoms with Gasteiger partial charge in [-0.25, -0.2) is 9.37 Å². The Morgan fingerprint density at radius 2 is 2.00 bits per heavy atom. The van der Waals surface area contributed by atoms with Crippen LogP contribution in [0.2, 0.25) is 0 Å². The standard InChI is InChI=1S/C18H15FN2O3/c1-12-5-4-8-16-20-14(10-17(22)21(12)16)11-24-18(23)9-13-6-2-3-7-15(13)19/h2-8,10H,9,11H2,1H3. The predicted octanol–water partition coefficient (Wildman–Crippen LogP) is 2.43. The first-order chi connectivity index (χ1) is 11.5. The second-order valence-corrected chi connectivity index (χ2v) is 5.38. The first-order valence-corrected chi connectivity index (χ1v) is 7.42. The molecular weight excluding hydrogens is 311 g/mol. The summed E-state index contributed by atoms with van der Waals surface area (Å²) in [6, 6.07) is 12.7. The van der Waals surface area contributed by atoms with Gasteiger partial charge in [-0.2, -0.15) is 0 Å². The number of hydrogen-bond acceptors (Lipinski definition) is 4. The second kappa shape index (κ2) is 6.62. The summed E-state index contributed by atoms with van der Waals surface area (Å²) in [4.78, 5) is 28.3. The highest BCUT2D eigenvalue weighted by Gasteiger charge is 2.10. The largest absolute Gasteiger partial charge is 0.459 e. The van der Waals surface area contributed by atoms with E-state index in [9.17, 15) is 14.0 Å². The average molecular weight is 326 g/mol. The van der Waals surface area contributed by atoms with E-state index < -0.39 is 11.8 Å². The molecule has 0 radical (unpaired) electrons. The van der Waals surface area contributed by atoms with Gasteiger partial charge >= 0.3 is 5.97 Å². The summed E-state index contributed by atoms with van der Waals surface area (Å²) in [5, 5.41) is 0. The maximum absolute atomic E-state index is 13.5. The van der Waals surface area contributed by atoms with Gasteiger partial charge in [0.25, 0.3) is 5.56 Å². The molecule has 0 saturated carbocycles. The van der Waals surface area contributed by atoms with Crippen LogP contribution in [0.1, 0.15) is 17.0 Å². The van der Waals surface area contributed by atoms with Crippen LogP contribution in [-0.4, -0.2) is 15.4 Å². The fraction of sp³-hybridized carbons (Fsp3) is 0.167. The smallest absolute Gasteiger partial charge is 0.310 e. The Bertz CT molecular complexity index is 966. The number of esters is 1. The number of rotatable bonds is 4. The van der Waals surface area contributed by atoms with Crippen molar-refractivity contribution in [2.75, 3.05) is 0 Å². The number of pyridine rings is 1. The number of hydrogen-bond donors (Lipinski definition) is 0. The molecule has 0 spiro atoms. The van der Waals surface area contributed by atoms with E-state index in [4.69, 9.17) is 4.74 Å². The Morgan fingerprint density at radius 3 is 2.79 bits per heavy atom. The fourth-order valence-corrected chi connectivity index (χ4v) is 2.44. The van der Waals surface area contributed by atoms with Crippen molar-refractivity contribution in [3.05, 3.63) is 81.7 Å². The van der Waals surface area contributed by atoms with E-state index in [2.05, 4.69) is 4.98 Å². The molecule has 5 nitrogen and oxygen atoms in total. The van der Waals surface area contributed by atoms with Crippen molar-refractivity contribution in [1.29, 1.82) is 0 Å². The molecular formula is C18H15FN2O3. The van der Waals surface area contributed by atoms with Gasteiger partial charge in [0.15, 0.2) is 0 Å². The molecule has 1 aromatic carbocycles. The minimum absolute atomic E-state index is 0.132. The van der Waals surface area contributed by atoms with Crippen LogP contribution in [0.3, 0.4) is 0 Å². The van der Waals surface area contributed by atoms with Crippen LogP contribution in [-0.2, 0) is 22.6 Å². The third kappa shape index (κ3) is 3.32. The quantitative estimate of drug-likeness (QED) is 0.691. The van der Waals surface area contributed by atoms with Gasteiger partial charge in [-0.15, -0.1) is 0 Å². The molecule has 0 saturated heterocycles. The summed E-state index contributed by atoms with van der Waals surface area (Å²) < 4.78 is 20.1. The molecule has 3 rings (SSSR count). The van der Waals surface area contributed by atoms with Gasteiger partial charge in [0.2, 0.25) is 0 Å². The minimum atomic E-state index is -0.577. The molecule has 0 atom stereocenters. The Morgan fingerprint density at radius 1 is 1.21 bits per heavy atom. The van der Waals surface area contributed by atoms with Crippen molar-refractivity contribution < 1.29 is 13.9 Å². The monoisotopic (exact) mass is 326 g/mol. The van der Waals surface area contributed by atoms with Crippen molar-refractivity contribution in [3.8, 4) is 0 Å². The van der Waals surface area contributed by atoms with E-state index in [1.165, 1.54) is 22.6 Å². The number of aryl methyl sites for hydroxylation is 1. The number of fused-ring (bicyclic) bond motifs is 1. The fourth-order valence-electron chi connectivity index (χ4n) is 2.44. The summed E-state index contributed by atoms with van der Waals surface area (Å²) in [6.07, 6.45) is -0.168. The zero-order chi connectivity index (χ0) is 17.1. The maximum Gasteiger partial charge on any atom is 0.310 e. The van der Waals surface area contributed by atoms with Crippen LogP contribution in [0, 0.1) is 12.7 Å². The van der Waals surface area contributed by atoms with Crippen LogP contribution in [0.25, 0.3) is 5.65 Å². The average Bonchev–Trinajstić information content (AvgIpc) is 2.55. The Hall–Kier alpha value is -3.02. The topological polar surface area (TPSA) is 60.7 Å². The van der Waals surface area contributed by atoms with Gasteiger partial charge in [-0.3, -0.25) is 14.0 Å². The molecule has 2 heterocycles. The lowest BCUT2D eigenvalue weighted by atomic mass is 10.1. The molecule has 0 amide bonds. The van der Waals surface area contributed by atoms with Gasteiger partial charge in [-0.1, -0.05) is 24.3 Å². The maximum atomic E-state index is 13.5. The van der Waals surface area contributed by atoms with Crippen LogP contribution < -0.4 is 5.56 Å². The number of ether oxygens (including phenoxy) is 1. The van der Waals surface area contributed by atoms with Crippen molar-refractivity contribution in [1.82, 2.24) is 9.38 Å². The van der Waals surface area contributed by atoms with E-state index in [0.29, 0.717) is 11.3 Å². The molecule has 6 heteroatoms. The lowest BCUT2D eigenvalue weighted by Crippen LogP contribution is -2.18. The van der Waals surface area contributed by atoms with E-state index in [-0.39, 0.29) is 24.2 Å². The molecule has 0 aliphatic carbocycles. The third-order valence-electron chi connectivity index (χ3n) is 3.61. The first-order valence-electron chi connectivity index (χ1n) is 7.42. The van der Waals surface area contributed by atoms with Crippen molar-refractivity contribution in [3.63, 3.8) is 0 Å². The van der Waals surface area contributed by atoms with Crippen LogP contribution in [0.5, 0.6) is 0 Å². The summed E-state index contributed by atoms with van der Waals surface area (Å²) in [5.41, 5.74) is 1.64. The number of carbonyl (C=O) groups is 1. The summed E-state index contributed by atoms with van der Waals surface area (Å²) in [7, 11) is 0. The van der Waals surface area contributed by atoms with Crippen LogP contribution in [0.4, 0.5) is 4.39 Å². The summed E-state index contributed by atoms with van der Waals surface area (Å²) >= 11 is 0. The van der Waals surface area contributed by atoms with Crippen LogP contribution >= 0.6 is 0 Å². The molecule has 3 aromatic rings. The van der Waals surface area contributed by atoms with E-state index in [1.54, 1.807) is 24.3 Å². The molecule has 0 aliphatic rings. The van der Waals surface area contributed by atoms with Gasteiger partial charge in [0.05, 0.1) is 12.1 Å². The zero-order valence-electron chi connectivity index (χ0n) is 13.0. The zero-order valence-corrected chi connectivity index (χ0v) is 13.0. The molecule has 0 aliphatic heterocycles. The van der Waals surface area contributed by atoms with Crippen molar-refractivity contribution in [2.24, 2.45) is 0 Å². The molecule has 2 aromatic heterocycles. The third-order valence-corrected chi connectivity index (χ3v) is 3.61. The highest BCUT2D eigenvalue weighted by Crippen LogP contribution is 2.09. The normalized spacial score (nSPS) is 10.8. The predicted molar refractivity (Wildman–Crippen MR) is 86.1 cm³/mol. The van der Waals surface area contributed by atoms with Gasteiger partial charge in [0.1, 0.15) is 18.1 Å². The van der Waals surface area contributed by atoms with Gasteiger partial charge in [-0.05, 0) is 30.7 Å². The van der Waals surface area contributed by atoms with E-state index in [1.807, 2.05) is 13.0 Å². The summed E-state index contributed by atoms with van der Waals surface area (Å²) in [6.45, 7) is 1.68. The van der Waals surface area contributed by atoms with E-state index >= 15 is 0 Å². The first kappa shape index (κ1) is 15.9. The number of nitrogens with zero attached hydrogens (tertiary/aromatic N) is 2. The van der Waals surface area contributed by atoms with Crippen molar-refractivity contribution >= 4 is 11.6 Å². The number of halogens is 1. The molecule has 0 N–H and O–H groups in total. The molecule has 0 unspecified atom stereocenters. The number of benzene rings is 1. The highest BCUT2D eigenvalue weighted by atomic mass is 19.1. The van der Waals surface area contributed by atoms with Crippen molar-refractivity contribution in [2.45, 2.75) is 20.0 Å². The van der Waals surface area contributed by atoms with Crippen LogP contribution in [0.15, 0.2) is 53.3 Å². The number of aromatic nitrogens is 2. The Kier molecular flexibility index (Phi) is 4.37. The number of carbonyl (C=O) groups excluding carboxylic acids is 1.